The third kappa shape index (κ3) is 2.27. The molecule has 0 fully saturated rings. The van der Waals surface area contributed by atoms with E-state index in [4.69, 9.17) is 22.6 Å². The summed E-state index contributed by atoms with van der Waals surface area (Å²) < 4.78 is 26.6. The molecule has 0 spiro atoms. The topological polar surface area (TPSA) is 49.8 Å². The van der Waals surface area contributed by atoms with Crippen LogP contribution >= 0.6 is 11.6 Å². The SMILES string of the molecule is N#Cc1cc(F)cc(-c2cc(F)cc(Cl)c2N)c1. The maximum absolute atomic E-state index is 13.3. The lowest BCUT2D eigenvalue weighted by molar-refractivity contribution is 0.626. The molecule has 90 valence electrons. The van der Waals surface area contributed by atoms with Crippen molar-refractivity contribution in [2.75, 3.05) is 5.73 Å². The van der Waals surface area contributed by atoms with E-state index in [-0.39, 0.29) is 21.8 Å². The zero-order valence-electron chi connectivity index (χ0n) is 9.05. The van der Waals surface area contributed by atoms with Crippen molar-refractivity contribution in [1.29, 1.82) is 5.26 Å². The highest BCUT2D eigenvalue weighted by Crippen LogP contribution is 2.33. The molecular formula is C13H7ClF2N2. The number of benzene rings is 2. The van der Waals surface area contributed by atoms with Crippen LogP contribution in [0.1, 0.15) is 5.56 Å². The number of hydrogen-bond acceptors (Lipinski definition) is 2. The Labute approximate surface area is 107 Å². The highest BCUT2D eigenvalue weighted by atomic mass is 35.5. The first-order valence-corrected chi connectivity index (χ1v) is 5.34. The monoisotopic (exact) mass is 264 g/mol. The number of nitrogens with zero attached hydrogens (tertiary/aromatic N) is 1. The van der Waals surface area contributed by atoms with Crippen LogP contribution in [0.2, 0.25) is 5.02 Å². The maximum Gasteiger partial charge on any atom is 0.125 e. The van der Waals surface area contributed by atoms with Crippen molar-refractivity contribution < 1.29 is 8.78 Å². The molecule has 0 saturated carbocycles. The Bertz CT molecular complexity index is 663. The van der Waals surface area contributed by atoms with Gasteiger partial charge in [0.25, 0.3) is 0 Å². The predicted molar refractivity (Wildman–Crippen MR) is 65.9 cm³/mol. The van der Waals surface area contributed by atoms with E-state index >= 15 is 0 Å². The predicted octanol–water partition coefficient (Wildman–Crippen LogP) is 3.74. The van der Waals surface area contributed by atoms with Crippen LogP contribution in [-0.2, 0) is 0 Å². The normalized spacial score (nSPS) is 10.1. The van der Waals surface area contributed by atoms with Gasteiger partial charge in [-0.05, 0) is 35.9 Å². The Morgan fingerprint density at radius 1 is 1.06 bits per heavy atom. The average Bonchev–Trinajstić information content (AvgIpc) is 2.32. The Balaban J connectivity index is 2.69. The lowest BCUT2D eigenvalue weighted by atomic mass is 10.0. The van der Waals surface area contributed by atoms with Gasteiger partial charge in [-0.3, -0.25) is 0 Å². The zero-order chi connectivity index (χ0) is 13.3. The third-order valence-corrected chi connectivity index (χ3v) is 2.74. The van der Waals surface area contributed by atoms with Crippen molar-refractivity contribution in [3.63, 3.8) is 0 Å². The summed E-state index contributed by atoms with van der Waals surface area (Å²) in [5, 5.41) is 8.81. The zero-order valence-corrected chi connectivity index (χ0v) is 9.80. The van der Waals surface area contributed by atoms with E-state index in [1.807, 2.05) is 6.07 Å². The summed E-state index contributed by atoms with van der Waals surface area (Å²) >= 11 is 5.76. The van der Waals surface area contributed by atoms with Gasteiger partial charge in [-0.2, -0.15) is 5.26 Å². The smallest absolute Gasteiger partial charge is 0.125 e. The molecule has 2 nitrogen and oxygen atoms in total. The molecule has 2 aromatic rings. The molecule has 0 atom stereocenters. The van der Waals surface area contributed by atoms with Gasteiger partial charge in [-0.25, -0.2) is 8.78 Å². The molecule has 2 rings (SSSR count). The first kappa shape index (κ1) is 12.3. The van der Waals surface area contributed by atoms with Gasteiger partial charge in [-0.15, -0.1) is 0 Å². The summed E-state index contributed by atoms with van der Waals surface area (Å²) in [5.41, 5.74) is 6.57. The number of nitrogens with two attached hydrogens (primary N) is 1. The largest absolute Gasteiger partial charge is 0.397 e. The molecule has 5 heteroatoms. The van der Waals surface area contributed by atoms with E-state index in [0.717, 1.165) is 18.2 Å². The second-order valence-electron chi connectivity index (χ2n) is 3.69. The molecule has 0 aliphatic rings. The number of rotatable bonds is 1. The van der Waals surface area contributed by atoms with Gasteiger partial charge in [0.1, 0.15) is 11.6 Å². The van der Waals surface area contributed by atoms with Crippen LogP contribution in [0.3, 0.4) is 0 Å². The number of halogens is 3. The number of nitrogen functional groups attached to an aromatic ring is 1. The van der Waals surface area contributed by atoms with Crippen LogP contribution < -0.4 is 5.73 Å². The maximum atomic E-state index is 13.3. The van der Waals surface area contributed by atoms with E-state index in [9.17, 15) is 8.78 Å². The van der Waals surface area contributed by atoms with Crippen LogP contribution in [0.25, 0.3) is 11.1 Å². The van der Waals surface area contributed by atoms with E-state index < -0.39 is 11.6 Å². The highest BCUT2D eigenvalue weighted by Gasteiger charge is 2.11. The van der Waals surface area contributed by atoms with E-state index in [2.05, 4.69) is 0 Å². The van der Waals surface area contributed by atoms with Crippen LogP contribution in [0, 0.1) is 23.0 Å². The van der Waals surface area contributed by atoms with Crippen LogP contribution in [0.15, 0.2) is 30.3 Å². The van der Waals surface area contributed by atoms with Gasteiger partial charge in [-0.1, -0.05) is 11.6 Å². The van der Waals surface area contributed by atoms with Gasteiger partial charge in [0.2, 0.25) is 0 Å². The Morgan fingerprint density at radius 3 is 2.39 bits per heavy atom. The van der Waals surface area contributed by atoms with Crippen LogP contribution in [0.5, 0.6) is 0 Å². The lowest BCUT2D eigenvalue weighted by Crippen LogP contribution is -1.94. The molecule has 0 heterocycles. The molecule has 2 N–H and O–H groups in total. The quantitative estimate of drug-likeness (QED) is 0.798. The third-order valence-electron chi connectivity index (χ3n) is 2.43. The minimum atomic E-state index is -0.594. The van der Waals surface area contributed by atoms with Crippen molar-refractivity contribution >= 4 is 17.3 Å². The van der Waals surface area contributed by atoms with Crippen molar-refractivity contribution in [2.24, 2.45) is 0 Å². The second-order valence-corrected chi connectivity index (χ2v) is 4.10. The van der Waals surface area contributed by atoms with Gasteiger partial charge >= 0.3 is 0 Å². The van der Waals surface area contributed by atoms with Crippen molar-refractivity contribution in [2.45, 2.75) is 0 Å². The molecule has 0 aliphatic carbocycles. The fraction of sp³-hybridized carbons (Fsp3) is 0. The standard InChI is InChI=1S/C13H7ClF2N2/c14-12-5-10(16)4-11(13(12)18)8-1-7(6-17)2-9(15)3-8/h1-5H,18H2. The highest BCUT2D eigenvalue weighted by molar-refractivity contribution is 6.33. The Kier molecular flexibility index (Phi) is 3.17. The lowest BCUT2D eigenvalue weighted by Gasteiger charge is -2.08. The first-order valence-electron chi connectivity index (χ1n) is 4.97. The van der Waals surface area contributed by atoms with Crippen molar-refractivity contribution in [1.82, 2.24) is 0 Å². The molecule has 0 saturated heterocycles. The molecule has 0 unspecified atom stereocenters. The molecule has 0 aliphatic heterocycles. The Hall–Kier alpha value is -2.12. The van der Waals surface area contributed by atoms with E-state index in [1.165, 1.54) is 12.1 Å². The molecular weight excluding hydrogens is 258 g/mol. The fourth-order valence-corrected chi connectivity index (χ4v) is 1.84. The molecule has 0 aromatic heterocycles. The van der Waals surface area contributed by atoms with Crippen LogP contribution in [0.4, 0.5) is 14.5 Å². The second kappa shape index (κ2) is 4.63. The van der Waals surface area contributed by atoms with E-state index in [1.54, 1.807) is 0 Å². The van der Waals surface area contributed by atoms with Crippen molar-refractivity contribution in [3.05, 3.63) is 52.6 Å². The summed E-state index contributed by atoms with van der Waals surface area (Å²) in [6.07, 6.45) is 0. The first-order chi connectivity index (χ1) is 8.51. The molecule has 0 bridgehead atoms. The minimum Gasteiger partial charge on any atom is -0.397 e. The number of nitriles is 1. The van der Waals surface area contributed by atoms with E-state index in [0.29, 0.717) is 5.56 Å². The molecule has 18 heavy (non-hydrogen) atoms. The number of hydrogen-bond donors (Lipinski definition) is 1. The van der Waals surface area contributed by atoms with Crippen molar-refractivity contribution in [3.8, 4) is 17.2 Å². The van der Waals surface area contributed by atoms with Gasteiger partial charge in [0, 0.05) is 5.56 Å². The summed E-state index contributed by atoms with van der Waals surface area (Å²) in [5.74, 6) is -1.17. The molecule has 2 aromatic carbocycles. The van der Waals surface area contributed by atoms with Gasteiger partial charge < -0.3 is 5.73 Å². The average molecular weight is 265 g/mol. The fourth-order valence-electron chi connectivity index (χ4n) is 1.63. The van der Waals surface area contributed by atoms with Gasteiger partial charge in [0.05, 0.1) is 22.3 Å². The number of anilines is 1. The summed E-state index contributed by atoms with van der Waals surface area (Å²) in [7, 11) is 0. The van der Waals surface area contributed by atoms with Gasteiger partial charge in [0.15, 0.2) is 0 Å². The molecule has 0 radical (unpaired) electrons. The summed E-state index contributed by atoms with van der Waals surface area (Å²) in [6, 6.07) is 7.72. The summed E-state index contributed by atoms with van der Waals surface area (Å²) in [6.45, 7) is 0. The minimum absolute atomic E-state index is 0.0489. The Morgan fingerprint density at radius 2 is 1.72 bits per heavy atom. The van der Waals surface area contributed by atoms with Crippen LogP contribution in [-0.4, -0.2) is 0 Å². The summed E-state index contributed by atoms with van der Waals surface area (Å²) in [4.78, 5) is 0. The molecule has 0 amide bonds.